The van der Waals surface area contributed by atoms with Gasteiger partial charge in [-0.15, -0.1) is 15.3 Å². The van der Waals surface area contributed by atoms with Crippen molar-refractivity contribution >= 4 is 0 Å². The van der Waals surface area contributed by atoms with E-state index in [2.05, 4.69) is 40.2 Å². The van der Waals surface area contributed by atoms with Gasteiger partial charge in [0.25, 0.3) is 5.89 Å². The summed E-state index contributed by atoms with van der Waals surface area (Å²) in [6, 6.07) is 8.21. The summed E-state index contributed by atoms with van der Waals surface area (Å²) in [6.45, 7) is 6.99. The van der Waals surface area contributed by atoms with Gasteiger partial charge in [-0.2, -0.15) is 0 Å². The maximum atomic E-state index is 5.75. The maximum Gasteiger partial charge on any atom is 0.287 e. The van der Waals surface area contributed by atoms with E-state index in [0.29, 0.717) is 23.5 Å². The first kappa shape index (κ1) is 16.0. The molecule has 3 heterocycles. The maximum absolute atomic E-state index is 5.75. The lowest BCUT2D eigenvalue weighted by Gasteiger charge is -2.12. The van der Waals surface area contributed by atoms with Gasteiger partial charge in [-0.1, -0.05) is 32.0 Å². The molecule has 7 nitrogen and oxygen atoms in total. The molecule has 1 aliphatic heterocycles. The minimum Gasteiger partial charge on any atom is -0.415 e. The van der Waals surface area contributed by atoms with Gasteiger partial charge in [-0.3, -0.25) is 0 Å². The van der Waals surface area contributed by atoms with Gasteiger partial charge >= 0.3 is 0 Å². The highest BCUT2D eigenvalue weighted by molar-refractivity contribution is 5.46. The van der Waals surface area contributed by atoms with Crippen molar-refractivity contribution in [3.05, 3.63) is 41.5 Å². The summed E-state index contributed by atoms with van der Waals surface area (Å²) < 4.78 is 13.2. The van der Waals surface area contributed by atoms with Crippen LogP contribution in [0.1, 0.15) is 56.0 Å². The molecule has 0 amide bonds. The summed E-state index contributed by atoms with van der Waals surface area (Å²) in [5, 5.41) is 12.8. The van der Waals surface area contributed by atoms with Crippen molar-refractivity contribution in [3.63, 3.8) is 0 Å². The first-order valence-corrected chi connectivity index (χ1v) is 8.62. The number of aryl methyl sites for hydroxylation is 1. The van der Waals surface area contributed by atoms with E-state index < -0.39 is 0 Å². The average Bonchev–Trinajstić information content (AvgIpc) is 3.34. The SMILES string of the molecule is Cc1nc(-c2nnc([C@H]3CCCO3)o2)nn1-c1ccccc1C(C)C. The van der Waals surface area contributed by atoms with Crippen LogP contribution in [0, 0.1) is 6.92 Å². The summed E-state index contributed by atoms with van der Waals surface area (Å²) in [4.78, 5) is 4.51. The Morgan fingerprint density at radius 3 is 2.80 bits per heavy atom. The number of benzene rings is 1. The molecule has 1 fully saturated rings. The molecule has 1 saturated heterocycles. The Hall–Kier alpha value is -2.54. The fourth-order valence-corrected chi connectivity index (χ4v) is 3.10. The predicted molar refractivity (Wildman–Crippen MR) is 91.4 cm³/mol. The van der Waals surface area contributed by atoms with Gasteiger partial charge in [0.1, 0.15) is 11.9 Å². The molecule has 7 heteroatoms. The zero-order valence-corrected chi connectivity index (χ0v) is 14.6. The van der Waals surface area contributed by atoms with Gasteiger partial charge in [0, 0.05) is 6.61 Å². The van der Waals surface area contributed by atoms with Crippen molar-refractivity contribution < 1.29 is 9.15 Å². The molecule has 2 aromatic heterocycles. The second-order valence-electron chi connectivity index (χ2n) is 6.56. The van der Waals surface area contributed by atoms with Crippen molar-refractivity contribution in [1.82, 2.24) is 25.0 Å². The smallest absolute Gasteiger partial charge is 0.287 e. The molecule has 0 N–H and O–H groups in total. The van der Waals surface area contributed by atoms with Gasteiger partial charge < -0.3 is 9.15 Å². The van der Waals surface area contributed by atoms with E-state index >= 15 is 0 Å². The molecule has 3 aromatic rings. The lowest BCUT2D eigenvalue weighted by molar-refractivity contribution is 0.0895. The average molecular weight is 339 g/mol. The standard InChI is InChI=1S/C18H21N5O2/c1-11(2)13-7-4-5-8-14(13)23-12(3)19-16(22-23)18-21-20-17(25-18)15-9-6-10-24-15/h4-5,7-8,11,15H,6,9-10H2,1-3H3/t15-/m1/s1. The zero-order valence-electron chi connectivity index (χ0n) is 14.6. The number of rotatable bonds is 4. The minimum atomic E-state index is -0.105. The zero-order chi connectivity index (χ0) is 17.4. The molecular weight excluding hydrogens is 318 g/mol. The van der Waals surface area contributed by atoms with Crippen LogP contribution < -0.4 is 0 Å². The Labute approximate surface area is 146 Å². The number of ether oxygens (including phenoxy) is 1. The molecular formula is C18H21N5O2. The summed E-state index contributed by atoms with van der Waals surface area (Å²) >= 11 is 0. The molecule has 4 rings (SSSR count). The van der Waals surface area contributed by atoms with E-state index in [-0.39, 0.29) is 6.10 Å². The monoisotopic (exact) mass is 339 g/mol. The Kier molecular flexibility index (Phi) is 4.09. The Balaban J connectivity index is 1.69. The van der Waals surface area contributed by atoms with Crippen LogP contribution in [-0.4, -0.2) is 31.6 Å². The molecule has 1 atom stereocenters. The molecule has 130 valence electrons. The van der Waals surface area contributed by atoms with E-state index in [9.17, 15) is 0 Å². The van der Waals surface area contributed by atoms with Crippen molar-refractivity contribution in [2.75, 3.05) is 6.61 Å². The molecule has 0 spiro atoms. The van der Waals surface area contributed by atoms with Crippen molar-refractivity contribution in [2.24, 2.45) is 0 Å². The van der Waals surface area contributed by atoms with Crippen LogP contribution in [0.15, 0.2) is 28.7 Å². The van der Waals surface area contributed by atoms with E-state index in [1.54, 1.807) is 0 Å². The van der Waals surface area contributed by atoms with E-state index in [4.69, 9.17) is 9.15 Å². The number of nitrogens with zero attached hydrogens (tertiary/aromatic N) is 5. The number of aromatic nitrogens is 5. The topological polar surface area (TPSA) is 78.9 Å². The molecule has 0 radical (unpaired) electrons. The lowest BCUT2D eigenvalue weighted by Crippen LogP contribution is -2.04. The predicted octanol–water partition coefficient (Wildman–Crippen LogP) is 3.60. The molecule has 0 bridgehead atoms. The third kappa shape index (κ3) is 2.95. The van der Waals surface area contributed by atoms with E-state index in [0.717, 1.165) is 31.0 Å². The second kappa shape index (κ2) is 6.40. The van der Waals surface area contributed by atoms with Crippen molar-refractivity contribution in [1.29, 1.82) is 0 Å². The number of hydrogen-bond acceptors (Lipinski definition) is 6. The van der Waals surface area contributed by atoms with Gasteiger partial charge in [0.2, 0.25) is 11.7 Å². The highest BCUT2D eigenvalue weighted by atomic mass is 16.5. The van der Waals surface area contributed by atoms with E-state index in [1.807, 2.05) is 29.8 Å². The minimum absolute atomic E-state index is 0.105. The first-order valence-electron chi connectivity index (χ1n) is 8.62. The van der Waals surface area contributed by atoms with Crippen molar-refractivity contribution in [2.45, 2.75) is 45.6 Å². The molecule has 0 saturated carbocycles. The molecule has 1 aliphatic rings. The fourth-order valence-electron chi connectivity index (χ4n) is 3.10. The Morgan fingerprint density at radius 1 is 1.20 bits per heavy atom. The molecule has 0 aliphatic carbocycles. The van der Waals surface area contributed by atoms with E-state index in [1.165, 1.54) is 5.56 Å². The van der Waals surface area contributed by atoms with Crippen LogP contribution in [0.3, 0.4) is 0 Å². The number of hydrogen-bond donors (Lipinski definition) is 0. The van der Waals surface area contributed by atoms with Gasteiger partial charge in [0.05, 0.1) is 5.69 Å². The second-order valence-corrected chi connectivity index (χ2v) is 6.56. The first-order chi connectivity index (χ1) is 12.1. The Bertz CT molecular complexity index is 877. The highest BCUT2D eigenvalue weighted by Gasteiger charge is 2.25. The number of para-hydroxylation sites is 1. The summed E-state index contributed by atoms with van der Waals surface area (Å²) in [7, 11) is 0. The van der Waals surface area contributed by atoms with Crippen LogP contribution in [-0.2, 0) is 4.74 Å². The van der Waals surface area contributed by atoms with Crippen LogP contribution >= 0.6 is 0 Å². The van der Waals surface area contributed by atoms with Crippen LogP contribution in [0.5, 0.6) is 0 Å². The summed E-state index contributed by atoms with van der Waals surface area (Å²) in [5.41, 5.74) is 2.24. The van der Waals surface area contributed by atoms with Crippen LogP contribution in [0.4, 0.5) is 0 Å². The normalized spacial score (nSPS) is 17.5. The highest BCUT2D eigenvalue weighted by Crippen LogP contribution is 2.29. The van der Waals surface area contributed by atoms with Crippen molar-refractivity contribution in [3.8, 4) is 17.4 Å². The van der Waals surface area contributed by atoms with Gasteiger partial charge in [-0.25, -0.2) is 9.67 Å². The fraction of sp³-hybridized carbons (Fsp3) is 0.444. The third-order valence-corrected chi connectivity index (χ3v) is 4.39. The van der Waals surface area contributed by atoms with Crippen LogP contribution in [0.2, 0.25) is 0 Å². The van der Waals surface area contributed by atoms with Gasteiger partial charge in [0.15, 0.2) is 0 Å². The molecule has 0 unspecified atom stereocenters. The van der Waals surface area contributed by atoms with Gasteiger partial charge in [-0.05, 0) is 37.3 Å². The van der Waals surface area contributed by atoms with Crippen LogP contribution in [0.25, 0.3) is 17.4 Å². The quantitative estimate of drug-likeness (QED) is 0.722. The molecule has 1 aromatic carbocycles. The largest absolute Gasteiger partial charge is 0.415 e. The summed E-state index contributed by atoms with van der Waals surface area (Å²) in [5.74, 6) is 2.43. The summed E-state index contributed by atoms with van der Waals surface area (Å²) in [6.07, 6.45) is 1.82. The molecule has 25 heavy (non-hydrogen) atoms. The third-order valence-electron chi connectivity index (χ3n) is 4.39. The Morgan fingerprint density at radius 2 is 2.04 bits per heavy atom. The lowest BCUT2D eigenvalue weighted by atomic mass is 10.0.